The van der Waals surface area contributed by atoms with Crippen molar-refractivity contribution >= 4 is 40.4 Å². The zero-order valence-corrected chi connectivity index (χ0v) is 15.1. The van der Waals surface area contributed by atoms with Crippen LogP contribution in [0.1, 0.15) is 24.0 Å². The minimum absolute atomic E-state index is 0.114. The quantitative estimate of drug-likeness (QED) is 0.356. The molecule has 0 aliphatic heterocycles. The number of aromatic nitrogens is 1. The van der Waals surface area contributed by atoms with E-state index in [0.717, 1.165) is 23.9 Å². The topological polar surface area (TPSA) is 69.3 Å². The van der Waals surface area contributed by atoms with Gasteiger partial charge in [-0.25, -0.2) is 0 Å². The Balaban J connectivity index is 1.40. The number of aryl methyl sites for hydroxylation is 1. The minimum Gasteiger partial charge on any atom is -0.361 e. The number of carbonyl (C=O) groups excluding carboxylic acids is 1. The fourth-order valence-electron chi connectivity index (χ4n) is 2.70. The molecule has 0 radical (unpaired) electrons. The van der Waals surface area contributed by atoms with Crippen molar-refractivity contribution in [3.63, 3.8) is 0 Å². The third kappa shape index (κ3) is 5.00. The first-order valence-corrected chi connectivity index (χ1v) is 8.86. The summed E-state index contributed by atoms with van der Waals surface area (Å²) in [5, 5.41) is 8.07. The standard InChI is InChI=1S/C20H20N4OS/c25-19(23-20(26)24-22-13-15-7-2-1-3-8-15)12-6-9-16-14-21-18-11-5-4-10-17(16)18/h1-5,7-8,10-11,13-14,21H,6,9,12H2,(H2,23,24,25,26)/b22-13+. The number of benzene rings is 2. The number of nitrogens with one attached hydrogen (secondary N) is 3. The molecular weight excluding hydrogens is 344 g/mol. The number of amides is 1. The smallest absolute Gasteiger partial charge is 0.226 e. The molecule has 1 aromatic heterocycles. The number of aromatic amines is 1. The van der Waals surface area contributed by atoms with Crippen molar-refractivity contribution in [1.29, 1.82) is 0 Å². The fourth-order valence-corrected chi connectivity index (χ4v) is 2.87. The van der Waals surface area contributed by atoms with Crippen LogP contribution in [0.15, 0.2) is 65.9 Å². The molecule has 6 heteroatoms. The van der Waals surface area contributed by atoms with Crippen molar-refractivity contribution in [2.24, 2.45) is 5.10 Å². The number of fused-ring (bicyclic) bond motifs is 1. The summed E-state index contributed by atoms with van der Waals surface area (Å²) in [4.78, 5) is 15.2. The summed E-state index contributed by atoms with van der Waals surface area (Å²) in [6.45, 7) is 0. The van der Waals surface area contributed by atoms with E-state index in [-0.39, 0.29) is 11.0 Å². The van der Waals surface area contributed by atoms with Gasteiger partial charge in [0.15, 0.2) is 5.11 Å². The molecule has 0 bridgehead atoms. The maximum Gasteiger partial charge on any atom is 0.226 e. The van der Waals surface area contributed by atoms with E-state index in [4.69, 9.17) is 12.2 Å². The predicted octanol–water partition coefficient (Wildman–Crippen LogP) is 3.52. The number of H-pyrrole nitrogens is 1. The number of hydrogen-bond acceptors (Lipinski definition) is 3. The summed E-state index contributed by atoms with van der Waals surface area (Å²) in [6, 6.07) is 17.8. The third-order valence-electron chi connectivity index (χ3n) is 3.96. The normalized spacial score (nSPS) is 10.9. The number of carbonyl (C=O) groups is 1. The van der Waals surface area contributed by atoms with E-state index in [9.17, 15) is 4.79 Å². The molecular formula is C20H20N4OS. The van der Waals surface area contributed by atoms with Crippen LogP contribution >= 0.6 is 12.2 Å². The molecule has 0 aliphatic carbocycles. The molecule has 0 atom stereocenters. The summed E-state index contributed by atoms with van der Waals surface area (Å²) >= 11 is 5.08. The monoisotopic (exact) mass is 364 g/mol. The third-order valence-corrected chi connectivity index (χ3v) is 4.15. The lowest BCUT2D eigenvalue weighted by molar-refractivity contribution is -0.119. The molecule has 2 aromatic carbocycles. The molecule has 0 aliphatic rings. The van der Waals surface area contributed by atoms with Crippen molar-refractivity contribution in [2.75, 3.05) is 0 Å². The van der Waals surface area contributed by atoms with Crippen LogP contribution in [0.4, 0.5) is 0 Å². The number of rotatable bonds is 6. The van der Waals surface area contributed by atoms with Crippen molar-refractivity contribution < 1.29 is 4.79 Å². The number of hydrogen-bond donors (Lipinski definition) is 3. The van der Waals surface area contributed by atoms with Gasteiger partial charge in [0.1, 0.15) is 0 Å². The van der Waals surface area contributed by atoms with Gasteiger partial charge in [-0.15, -0.1) is 0 Å². The first kappa shape index (κ1) is 17.8. The van der Waals surface area contributed by atoms with Gasteiger partial charge in [-0.05, 0) is 42.3 Å². The largest absolute Gasteiger partial charge is 0.361 e. The summed E-state index contributed by atoms with van der Waals surface area (Å²) in [5.41, 5.74) is 5.95. The van der Waals surface area contributed by atoms with E-state index in [1.54, 1.807) is 6.21 Å². The highest BCUT2D eigenvalue weighted by atomic mass is 32.1. The summed E-state index contributed by atoms with van der Waals surface area (Å²) in [7, 11) is 0. The highest BCUT2D eigenvalue weighted by Crippen LogP contribution is 2.19. The van der Waals surface area contributed by atoms with Crippen molar-refractivity contribution in [3.05, 3.63) is 71.9 Å². The van der Waals surface area contributed by atoms with Crippen LogP contribution < -0.4 is 10.7 Å². The maximum absolute atomic E-state index is 12.0. The van der Waals surface area contributed by atoms with Crippen molar-refractivity contribution in [1.82, 2.24) is 15.7 Å². The molecule has 0 spiro atoms. The Hall–Kier alpha value is -2.99. The number of para-hydroxylation sites is 1. The van der Waals surface area contributed by atoms with Gasteiger partial charge >= 0.3 is 0 Å². The average Bonchev–Trinajstić information content (AvgIpc) is 3.06. The highest BCUT2D eigenvalue weighted by Gasteiger charge is 2.06. The molecule has 132 valence electrons. The predicted molar refractivity (Wildman–Crippen MR) is 109 cm³/mol. The molecule has 1 amide bonds. The van der Waals surface area contributed by atoms with Crippen molar-refractivity contribution in [3.8, 4) is 0 Å². The van der Waals surface area contributed by atoms with Gasteiger partial charge in [-0.1, -0.05) is 48.5 Å². The molecule has 0 saturated carbocycles. The Bertz CT molecular complexity index is 918. The highest BCUT2D eigenvalue weighted by molar-refractivity contribution is 7.80. The molecule has 26 heavy (non-hydrogen) atoms. The van der Waals surface area contributed by atoms with Gasteiger partial charge in [0, 0.05) is 23.5 Å². The zero-order chi connectivity index (χ0) is 18.2. The van der Waals surface area contributed by atoms with Crippen LogP contribution in [0.2, 0.25) is 0 Å². The second kappa shape index (κ2) is 8.92. The van der Waals surface area contributed by atoms with Crippen LogP contribution in [0.5, 0.6) is 0 Å². The van der Waals surface area contributed by atoms with E-state index in [1.807, 2.05) is 54.7 Å². The van der Waals surface area contributed by atoms with Gasteiger partial charge < -0.3 is 10.3 Å². The Kier molecular flexibility index (Phi) is 6.11. The van der Waals surface area contributed by atoms with Crippen LogP contribution in [0.25, 0.3) is 10.9 Å². The summed E-state index contributed by atoms with van der Waals surface area (Å²) < 4.78 is 0. The molecule has 1 heterocycles. The Labute approximate surface area is 157 Å². The Morgan fingerprint density at radius 3 is 2.73 bits per heavy atom. The zero-order valence-electron chi connectivity index (χ0n) is 14.2. The molecule has 3 rings (SSSR count). The Morgan fingerprint density at radius 1 is 1.12 bits per heavy atom. The molecule has 3 aromatic rings. The second-order valence-corrected chi connectivity index (χ2v) is 6.28. The van der Waals surface area contributed by atoms with Gasteiger partial charge in [0.2, 0.25) is 5.91 Å². The van der Waals surface area contributed by atoms with Crippen LogP contribution in [0.3, 0.4) is 0 Å². The maximum atomic E-state index is 12.0. The van der Waals surface area contributed by atoms with Crippen LogP contribution in [-0.4, -0.2) is 22.2 Å². The van der Waals surface area contributed by atoms with Gasteiger partial charge in [0.05, 0.1) is 6.21 Å². The summed E-state index contributed by atoms with van der Waals surface area (Å²) in [6.07, 6.45) is 5.65. The molecule has 0 unspecified atom stereocenters. The van der Waals surface area contributed by atoms with E-state index in [2.05, 4.69) is 26.9 Å². The summed E-state index contributed by atoms with van der Waals surface area (Å²) in [5.74, 6) is -0.114. The Morgan fingerprint density at radius 2 is 1.88 bits per heavy atom. The number of nitrogens with zero attached hydrogens (tertiary/aromatic N) is 1. The molecule has 5 nitrogen and oxygen atoms in total. The first-order chi connectivity index (χ1) is 12.7. The van der Waals surface area contributed by atoms with E-state index >= 15 is 0 Å². The molecule has 3 N–H and O–H groups in total. The molecule has 0 fully saturated rings. The first-order valence-electron chi connectivity index (χ1n) is 8.45. The van der Waals surface area contributed by atoms with E-state index in [1.165, 1.54) is 10.9 Å². The van der Waals surface area contributed by atoms with E-state index in [0.29, 0.717) is 6.42 Å². The lowest BCUT2D eigenvalue weighted by atomic mass is 10.1. The fraction of sp³-hybridized carbons (Fsp3) is 0.150. The van der Waals surface area contributed by atoms with Crippen LogP contribution in [-0.2, 0) is 11.2 Å². The second-order valence-electron chi connectivity index (χ2n) is 5.87. The van der Waals surface area contributed by atoms with Crippen LogP contribution in [0, 0.1) is 0 Å². The lowest BCUT2D eigenvalue weighted by Gasteiger charge is -2.05. The molecule has 0 saturated heterocycles. The number of thiocarbonyl (C=S) groups is 1. The number of hydrazone groups is 1. The van der Waals surface area contributed by atoms with Gasteiger partial charge in [-0.3, -0.25) is 10.2 Å². The van der Waals surface area contributed by atoms with Gasteiger partial charge in [0.25, 0.3) is 0 Å². The SMILES string of the molecule is O=C(CCCc1c[nH]c2ccccc12)NC(=S)N/N=C/c1ccccc1. The van der Waals surface area contributed by atoms with E-state index < -0.39 is 0 Å². The average molecular weight is 364 g/mol. The van der Waals surface area contributed by atoms with Gasteiger partial charge in [-0.2, -0.15) is 5.10 Å². The minimum atomic E-state index is -0.114. The lowest BCUT2D eigenvalue weighted by Crippen LogP contribution is -2.36. The van der Waals surface area contributed by atoms with Crippen molar-refractivity contribution in [2.45, 2.75) is 19.3 Å².